The Morgan fingerprint density at radius 2 is 1.68 bits per heavy atom. The predicted molar refractivity (Wildman–Crippen MR) is 151 cm³/mol. The largest absolute Gasteiger partial charge is 0.464 e. The molecular weight excluding hydrogens is 532 g/mol. The number of carbonyl (C=O) groups is 3. The van der Waals surface area contributed by atoms with E-state index in [1.165, 1.54) is 16.4 Å². The average Bonchev–Trinajstić information content (AvgIpc) is 3.46. The van der Waals surface area contributed by atoms with Crippen LogP contribution < -0.4 is 16.0 Å². The quantitative estimate of drug-likeness (QED) is 0.374. The summed E-state index contributed by atoms with van der Waals surface area (Å²) < 4.78 is 33.0. The Morgan fingerprint density at radius 1 is 1.00 bits per heavy atom. The Hall–Kier alpha value is -3.28. The minimum Gasteiger partial charge on any atom is -0.464 e. The molecule has 2 amide bonds. The molecule has 2 saturated heterocycles. The molecule has 2 heterocycles. The van der Waals surface area contributed by atoms with Gasteiger partial charge in [0.25, 0.3) is 0 Å². The van der Waals surface area contributed by atoms with Crippen LogP contribution in [0.4, 0.5) is 5.69 Å². The smallest absolute Gasteiger partial charge is 0.328 e. The van der Waals surface area contributed by atoms with Gasteiger partial charge in [0.1, 0.15) is 12.1 Å². The van der Waals surface area contributed by atoms with Crippen LogP contribution in [0.3, 0.4) is 0 Å². The second-order valence-electron chi connectivity index (χ2n) is 10.3. The van der Waals surface area contributed by atoms with E-state index in [0.717, 1.165) is 37.1 Å². The lowest BCUT2D eigenvalue weighted by Crippen LogP contribution is -2.51. The molecule has 0 radical (unpaired) electrons. The zero-order chi connectivity index (χ0) is 28.7. The second-order valence-corrected chi connectivity index (χ2v) is 12.2. The first-order chi connectivity index (χ1) is 19.2. The summed E-state index contributed by atoms with van der Waals surface area (Å²) >= 11 is 0. The van der Waals surface area contributed by atoms with Gasteiger partial charge in [0, 0.05) is 24.6 Å². The molecule has 0 unspecified atom stereocenters. The minimum atomic E-state index is -3.88. The first-order valence-corrected chi connectivity index (χ1v) is 15.3. The highest BCUT2D eigenvalue weighted by atomic mass is 32.2. The SMILES string of the molecule is CCOC(=O)[C@H](Cc1ccc(NC(=O)C2CCNCC2)cc1)NC(=O)[C@@H]1CCCN1S(=O)(=O)c1ccc(C)cc1. The van der Waals surface area contributed by atoms with Crippen LogP contribution in [-0.2, 0) is 35.6 Å². The summed E-state index contributed by atoms with van der Waals surface area (Å²) in [5.74, 6) is -1.15. The predicted octanol–water partition coefficient (Wildman–Crippen LogP) is 2.38. The van der Waals surface area contributed by atoms with Crippen LogP contribution >= 0.6 is 0 Å². The Bertz CT molecular complexity index is 1290. The summed E-state index contributed by atoms with van der Waals surface area (Å²) in [6.07, 6.45) is 2.66. The fourth-order valence-electron chi connectivity index (χ4n) is 5.13. The maximum atomic E-state index is 13.3. The highest BCUT2D eigenvalue weighted by Gasteiger charge is 2.40. The van der Waals surface area contributed by atoms with Crippen LogP contribution in [0.5, 0.6) is 0 Å². The first kappa shape index (κ1) is 29.7. The molecule has 0 aromatic heterocycles. The molecule has 2 aromatic rings. The molecule has 0 bridgehead atoms. The number of nitrogens with one attached hydrogen (secondary N) is 3. The van der Waals surface area contributed by atoms with Crippen LogP contribution in [0.1, 0.15) is 43.7 Å². The zero-order valence-electron chi connectivity index (χ0n) is 23.0. The van der Waals surface area contributed by atoms with Crippen LogP contribution in [-0.4, -0.2) is 68.8 Å². The third kappa shape index (κ3) is 7.26. The number of rotatable bonds is 10. The number of hydrogen-bond acceptors (Lipinski definition) is 7. The van der Waals surface area contributed by atoms with Gasteiger partial charge in [0.15, 0.2) is 0 Å². The monoisotopic (exact) mass is 570 g/mol. The van der Waals surface area contributed by atoms with Gasteiger partial charge in [-0.2, -0.15) is 4.31 Å². The molecular formula is C29H38N4O6S. The number of benzene rings is 2. The van der Waals surface area contributed by atoms with E-state index >= 15 is 0 Å². The molecule has 11 heteroatoms. The maximum absolute atomic E-state index is 13.3. The fourth-order valence-corrected chi connectivity index (χ4v) is 6.78. The molecule has 2 fully saturated rings. The van der Waals surface area contributed by atoms with E-state index in [1.807, 2.05) is 6.92 Å². The van der Waals surface area contributed by atoms with Crippen molar-refractivity contribution in [1.29, 1.82) is 0 Å². The lowest BCUT2D eigenvalue weighted by Gasteiger charge is -2.25. The van der Waals surface area contributed by atoms with Crippen molar-refractivity contribution < 1.29 is 27.5 Å². The van der Waals surface area contributed by atoms with Crippen molar-refractivity contribution in [3.8, 4) is 0 Å². The summed E-state index contributed by atoms with van der Waals surface area (Å²) in [4.78, 5) is 38.8. The molecule has 2 aliphatic rings. The molecule has 10 nitrogen and oxygen atoms in total. The maximum Gasteiger partial charge on any atom is 0.328 e. The molecule has 2 aliphatic heterocycles. The van der Waals surface area contributed by atoms with Gasteiger partial charge in [-0.15, -0.1) is 0 Å². The van der Waals surface area contributed by atoms with Crippen molar-refractivity contribution in [2.75, 3.05) is 31.6 Å². The number of hydrogen-bond donors (Lipinski definition) is 3. The Morgan fingerprint density at radius 3 is 2.33 bits per heavy atom. The highest BCUT2D eigenvalue weighted by molar-refractivity contribution is 7.89. The summed E-state index contributed by atoms with van der Waals surface area (Å²) in [5, 5.41) is 8.95. The Kier molecular flexibility index (Phi) is 9.94. The molecule has 0 spiro atoms. The Balaban J connectivity index is 1.43. The number of carbonyl (C=O) groups excluding carboxylic acids is 3. The van der Waals surface area contributed by atoms with Gasteiger partial charge in [0.05, 0.1) is 11.5 Å². The number of nitrogens with zero attached hydrogens (tertiary/aromatic N) is 1. The van der Waals surface area contributed by atoms with Crippen molar-refractivity contribution in [3.63, 3.8) is 0 Å². The van der Waals surface area contributed by atoms with Gasteiger partial charge >= 0.3 is 5.97 Å². The van der Waals surface area contributed by atoms with E-state index in [2.05, 4.69) is 16.0 Å². The van der Waals surface area contributed by atoms with E-state index in [4.69, 9.17) is 4.74 Å². The van der Waals surface area contributed by atoms with Crippen LogP contribution in [0.25, 0.3) is 0 Å². The minimum absolute atomic E-state index is 0.00683. The van der Waals surface area contributed by atoms with Gasteiger partial charge in [-0.25, -0.2) is 13.2 Å². The van der Waals surface area contributed by atoms with Gasteiger partial charge < -0.3 is 20.7 Å². The number of piperidine rings is 1. The van der Waals surface area contributed by atoms with E-state index in [1.54, 1.807) is 43.3 Å². The van der Waals surface area contributed by atoms with Crippen LogP contribution in [0, 0.1) is 12.8 Å². The van der Waals surface area contributed by atoms with Crippen LogP contribution in [0.2, 0.25) is 0 Å². The van der Waals surface area contributed by atoms with Crippen molar-refractivity contribution in [1.82, 2.24) is 14.9 Å². The molecule has 2 atom stereocenters. The second kappa shape index (κ2) is 13.4. The topological polar surface area (TPSA) is 134 Å². The van der Waals surface area contributed by atoms with Gasteiger partial charge in [0.2, 0.25) is 21.8 Å². The van der Waals surface area contributed by atoms with Crippen molar-refractivity contribution in [2.45, 2.75) is 62.9 Å². The molecule has 3 N–H and O–H groups in total. The zero-order valence-corrected chi connectivity index (χ0v) is 23.8. The third-order valence-electron chi connectivity index (χ3n) is 7.39. The molecule has 0 aliphatic carbocycles. The number of esters is 1. The first-order valence-electron chi connectivity index (χ1n) is 13.8. The number of sulfonamides is 1. The molecule has 216 valence electrons. The van der Waals surface area contributed by atoms with E-state index in [0.29, 0.717) is 18.5 Å². The van der Waals surface area contributed by atoms with E-state index < -0.39 is 34.0 Å². The summed E-state index contributed by atoms with van der Waals surface area (Å²) in [5.41, 5.74) is 2.35. The third-order valence-corrected chi connectivity index (χ3v) is 9.32. The molecule has 0 saturated carbocycles. The van der Waals surface area contributed by atoms with Crippen molar-refractivity contribution in [2.24, 2.45) is 5.92 Å². The molecule has 2 aromatic carbocycles. The number of anilines is 1. The van der Waals surface area contributed by atoms with Gasteiger partial charge in [-0.1, -0.05) is 29.8 Å². The average molecular weight is 571 g/mol. The van der Waals surface area contributed by atoms with Gasteiger partial charge in [-0.3, -0.25) is 9.59 Å². The van der Waals surface area contributed by atoms with E-state index in [9.17, 15) is 22.8 Å². The summed E-state index contributed by atoms with van der Waals surface area (Å²) in [7, 11) is -3.88. The normalized spacial score (nSPS) is 19.1. The standard InChI is InChI=1S/C29H38N4O6S/c1-3-39-29(36)25(19-21-8-10-23(11-9-21)31-27(34)22-14-16-30-17-15-22)32-28(35)26-5-4-18-33(26)40(37,38)24-12-6-20(2)7-13-24/h6-13,22,25-26,30H,3-5,14-19H2,1-2H3,(H,31,34)(H,32,35)/t25-,26-/m0/s1. The number of amides is 2. The fraction of sp³-hybridized carbons (Fsp3) is 0.483. The summed E-state index contributed by atoms with van der Waals surface area (Å²) in [6, 6.07) is 11.7. The molecule has 4 rings (SSSR count). The highest BCUT2D eigenvalue weighted by Crippen LogP contribution is 2.27. The van der Waals surface area contributed by atoms with Crippen molar-refractivity contribution >= 4 is 33.5 Å². The lowest BCUT2D eigenvalue weighted by atomic mass is 9.97. The Labute approximate surface area is 235 Å². The number of ether oxygens (including phenoxy) is 1. The van der Waals surface area contributed by atoms with Crippen molar-refractivity contribution in [3.05, 3.63) is 59.7 Å². The lowest BCUT2D eigenvalue weighted by molar-refractivity contribution is -0.147. The number of aryl methyl sites for hydroxylation is 1. The van der Waals surface area contributed by atoms with Crippen LogP contribution in [0.15, 0.2) is 53.4 Å². The van der Waals surface area contributed by atoms with E-state index in [-0.39, 0.29) is 36.3 Å². The van der Waals surface area contributed by atoms with Gasteiger partial charge in [-0.05, 0) is 82.4 Å². The molecule has 40 heavy (non-hydrogen) atoms. The summed E-state index contributed by atoms with van der Waals surface area (Å²) in [6.45, 7) is 5.58.